The van der Waals surface area contributed by atoms with Gasteiger partial charge in [0.15, 0.2) is 0 Å². The summed E-state index contributed by atoms with van der Waals surface area (Å²) in [5, 5.41) is 10.7. The minimum absolute atomic E-state index is 0.167. The van der Waals surface area contributed by atoms with Crippen molar-refractivity contribution in [1.82, 2.24) is 0 Å². The van der Waals surface area contributed by atoms with Crippen LogP contribution in [0.4, 0.5) is 0 Å². The highest BCUT2D eigenvalue weighted by Gasteiger charge is 2.38. The number of ether oxygens (including phenoxy) is 1. The molecule has 0 saturated carbocycles. The van der Waals surface area contributed by atoms with Crippen molar-refractivity contribution in [1.29, 1.82) is 0 Å². The van der Waals surface area contributed by atoms with Crippen LogP contribution in [0.5, 0.6) is 11.5 Å². The number of hydrogen-bond acceptors (Lipinski definition) is 4. The van der Waals surface area contributed by atoms with Gasteiger partial charge in [-0.05, 0) is 57.1 Å². The molecule has 0 spiro atoms. The topological polar surface area (TPSA) is 63.6 Å². The normalized spacial score (nSPS) is 19.1. The monoisotopic (exact) mass is 360 g/mol. The molecule has 0 bridgehead atoms. The van der Waals surface area contributed by atoms with Crippen LogP contribution in [-0.4, -0.2) is 23.3 Å². The van der Waals surface area contributed by atoms with Crippen LogP contribution in [0.25, 0.3) is 0 Å². The fourth-order valence-corrected chi connectivity index (χ4v) is 3.86. The number of Topliss-reactive ketones (excluding diaryl/α,β-unsaturated/α-hetero) is 2. The van der Waals surface area contributed by atoms with Crippen LogP contribution in [0.1, 0.15) is 84.3 Å². The van der Waals surface area contributed by atoms with Crippen LogP contribution < -0.4 is 4.74 Å². The van der Waals surface area contributed by atoms with Gasteiger partial charge in [-0.25, -0.2) is 0 Å². The van der Waals surface area contributed by atoms with Crippen LogP contribution in [0.15, 0.2) is 12.1 Å². The van der Waals surface area contributed by atoms with Crippen molar-refractivity contribution in [2.24, 2.45) is 0 Å². The van der Waals surface area contributed by atoms with Gasteiger partial charge in [-0.1, -0.05) is 20.8 Å². The van der Waals surface area contributed by atoms with E-state index in [1.54, 1.807) is 13.8 Å². The second-order valence-electron chi connectivity index (χ2n) is 8.71. The summed E-state index contributed by atoms with van der Waals surface area (Å²) >= 11 is 0. The lowest BCUT2D eigenvalue weighted by Gasteiger charge is -2.28. The summed E-state index contributed by atoms with van der Waals surface area (Å²) in [6.07, 6.45) is 4.48. The van der Waals surface area contributed by atoms with Gasteiger partial charge in [-0.15, -0.1) is 0 Å². The third kappa shape index (κ3) is 4.66. The van der Waals surface area contributed by atoms with Crippen molar-refractivity contribution in [3.63, 3.8) is 0 Å². The van der Waals surface area contributed by atoms with Crippen molar-refractivity contribution >= 4 is 11.6 Å². The van der Waals surface area contributed by atoms with Gasteiger partial charge >= 0.3 is 0 Å². The van der Waals surface area contributed by atoms with E-state index in [1.807, 2.05) is 12.1 Å². The predicted octanol–water partition coefficient (Wildman–Crippen LogP) is 4.84. The molecule has 1 aromatic carbocycles. The van der Waals surface area contributed by atoms with Gasteiger partial charge in [-0.3, -0.25) is 0 Å². The average molecular weight is 360 g/mol. The van der Waals surface area contributed by atoms with E-state index in [9.17, 15) is 14.7 Å². The number of aromatic hydroxyl groups is 1. The Kier molecular flexibility index (Phi) is 6.15. The molecule has 4 heteroatoms. The number of carbonyl (C=O) groups excluding carboxylic acids is 2. The van der Waals surface area contributed by atoms with E-state index < -0.39 is 0 Å². The van der Waals surface area contributed by atoms with Crippen LogP contribution in [0.2, 0.25) is 0 Å². The Hall–Kier alpha value is -1.84. The molecule has 144 valence electrons. The molecule has 4 nitrogen and oxygen atoms in total. The van der Waals surface area contributed by atoms with Crippen molar-refractivity contribution in [2.45, 2.75) is 84.0 Å². The first-order chi connectivity index (χ1) is 12.0. The lowest BCUT2D eigenvalue weighted by molar-refractivity contribution is -0.118. The smallest absolute Gasteiger partial charge is 0.129 e. The molecule has 2 rings (SSSR count). The summed E-state index contributed by atoms with van der Waals surface area (Å²) in [5.74, 6) is 1.53. The maximum Gasteiger partial charge on any atom is 0.129 e. The van der Waals surface area contributed by atoms with Gasteiger partial charge < -0.3 is 19.4 Å². The van der Waals surface area contributed by atoms with Crippen molar-refractivity contribution in [3.05, 3.63) is 23.3 Å². The van der Waals surface area contributed by atoms with Crippen LogP contribution >= 0.6 is 0 Å². The number of ketones is 2. The second kappa shape index (κ2) is 7.81. The molecule has 0 saturated heterocycles. The van der Waals surface area contributed by atoms with E-state index in [2.05, 4.69) is 20.8 Å². The Morgan fingerprint density at radius 2 is 1.77 bits per heavy atom. The molecule has 1 aliphatic rings. The van der Waals surface area contributed by atoms with Gasteiger partial charge in [-0.2, -0.15) is 0 Å². The van der Waals surface area contributed by atoms with E-state index in [4.69, 9.17) is 4.74 Å². The van der Waals surface area contributed by atoms with Crippen molar-refractivity contribution in [3.8, 4) is 11.5 Å². The van der Waals surface area contributed by atoms with E-state index in [-0.39, 0.29) is 22.4 Å². The average Bonchev–Trinajstić information content (AvgIpc) is 2.82. The molecular weight excluding hydrogens is 328 g/mol. The summed E-state index contributed by atoms with van der Waals surface area (Å²) in [5.41, 5.74) is 1.50. The minimum atomic E-state index is -0.231. The van der Waals surface area contributed by atoms with E-state index in [1.165, 1.54) is 0 Å². The fraction of sp³-hybridized carbons (Fsp3) is 0.636. The summed E-state index contributed by atoms with van der Waals surface area (Å²) in [7, 11) is 0. The second-order valence-corrected chi connectivity index (χ2v) is 8.71. The molecular formula is C22H32O4. The lowest BCUT2D eigenvalue weighted by atomic mass is 9.76. The Morgan fingerprint density at radius 1 is 1.15 bits per heavy atom. The van der Waals surface area contributed by atoms with Gasteiger partial charge in [0, 0.05) is 29.4 Å². The molecule has 1 unspecified atom stereocenters. The fourth-order valence-electron chi connectivity index (χ4n) is 3.86. The van der Waals surface area contributed by atoms with Crippen molar-refractivity contribution in [2.75, 3.05) is 6.61 Å². The Balaban J connectivity index is 2.19. The Bertz CT molecular complexity index is 690. The molecule has 1 aromatic rings. The molecule has 0 aliphatic carbocycles. The van der Waals surface area contributed by atoms with Gasteiger partial charge in [0.1, 0.15) is 23.1 Å². The highest BCUT2D eigenvalue weighted by atomic mass is 16.5. The lowest BCUT2D eigenvalue weighted by Crippen LogP contribution is -2.24. The van der Waals surface area contributed by atoms with Crippen molar-refractivity contribution < 1.29 is 19.4 Å². The largest absolute Gasteiger partial charge is 0.508 e. The summed E-state index contributed by atoms with van der Waals surface area (Å²) in [4.78, 5) is 22.4. The number of benzene rings is 1. The number of phenols is 1. The number of rotatable bonds is 9. The minimum Gasteiger partial charge on any atom is -0.508 e. The molecule has 0 aromatic heterocycles. The van der Waals surface area contributed by atoms with Gasteiger partial charge in [0.2, 0.25) is 0 Å². The molecule has 0 fully saturated rings. The standard InChI is InChI=1S/C22H32O4/c1-15(23)8-6-10-21(3,4)17-13-20-18(12-19(17)25)22(5,14-26-20)11-7-9-16(2)24/h12-13,25H,6-11,14H2,1-5H3. The summed E-state index contributed by atoms with van der Waals surface area (Å²) < 4.78 is 5.95. The molecule has 0 radical (unpaired) electrons. The third-order valence-corrected chi connectivity index (χ3v) is 5.61. The zero-order chi connectivity index (χ0) is 19.5. The predicted molar refractivity (Wildman–Crippen MR) is 103 cm³/mol. The summed E-state index contributed by atoms with van der Waals surface area (Å²) in [6, 6.07) is 3.81. The van der Waals surface area contributed by atoms with Gasteiger partial charge in [0.25, 0.3) is 0 Å². The van der Waals surface area contributed by atoms with E-state index >= 15 is 0 Å². The first-order valence-corrected chi connectivity index (χ1v) is 9.55. The maximum atomic E-state index is 11.2. The Labute approximate surface area is 156 Å². The first-order valence-electron chi connectivity index (χ1n) is 9.55. The zero-order valence-corrected chi connectivity index (χ0v) is 16.8. The third-order valence-electron chi connectivity index (χ3n) is 5.61. The number of carbonyl (C=O) groups is 2. The number of phenolic OH excluding ortho intramolecular Hbond substituents is 1. The SMILES string of the molecule is CC(=O)CCCC(C)(C)c1cc2c(cc1O)C(C)(CCCC(C)=O)CO2. The molecule has 1 aliphatic heterocycles. The van der Waals surface area contributed by atoms with E-state index in [0.29, 0.717) is 25.2 Å². The van der Waals surface area contributed by atoms with Crippen LogP contribution in [-0.2, 0) is 20.4 Å². The maximum absolute atomic E-state index is 11.2. The molecule has 0 amide bonds. The highest BCUT2D eigenvalue weighted by Crippen LogP contribution is 2.47. The van der Waals surface area contributed by atoms with E-state index in [0.717, 1.165) is 42.6 Å². The number of hydrogen-bond donors (Lipinski definition) is 1. The quantitative estimate of drug-likeness (QED) is 0.684. The van der Waals surface area contributed by atoms with Crippen LogP contribution in [0.3, 0.4) is 0 Å². The number of fused-ring (bicyclic) bond motifs is 1. The zero-order valence-electron chi connectivity index (χ0n) is 16.8. The molecule has 26 heavy (non-hydrogen) atoms. The Morgan fingerprint density at radius 3 is 2.38 bits per heavy atom. The molecule has 1 N–H and O–H groups in total. The van der Waals surface area contributed by atoms with Gasteiger partial charge in [0.05, 0.1) is 6.61 Å². The molecule has 1 heterocycles. The molecule has 1 atom stereocenters. The first kappa shape index (κ1) is 20.5. The highest BCUT2D eigenvalue weighted by molar-refractivity contribution is 5.75. The van der Waals surface area contributed by atoms with Crippen LogP contribution in [0, 0.1) is 0 Å². The summed E-state index contributed by atoms with van der Waals surface area (Å²) in [6.45, 7) is 10.1.